The number of phenols is 1. The molecule has 30 heavy (non-hydrogen) atoms. The molecule has 1 N–H and O–H groups in total. The monoisotopic (exact) mass is 403 g/mol. The highest BCUT2D eigenvalue weighted by Crippen LogP contribution is 2.27. The van der Waals surface area contributed by atoms with Gasteiger partial charge in [-0.3, -0.25) is 4.79 Å². The number of carbonyl (C=O) groups excluding carboxylic acids is 2. The van der Waals surface area contributed by atoms with Crippen LogP contribution in [0.3, 0.4) is 0 Å². The molecule has 0 spiro atoms. The van der Waals surface area contributed by atoms with Crippen molar-refractivity contribution in [1.82, 2.24) is 4.90 Å². The van der Waals surface area contributed by atoms with Crippen molar-refractivity contribution in [2.45, 2.75) is 6.10 Å². The lowest BCUT2D eigenvalue weighted by atomic mass is 10.1. The van der Waals surface area contributed by atoms with Gasteiger partial charge in [0.15, 0.2) is 0 Å². The molecule has 7 heteroatoms. The number of benzene rings is 3. The Balaban J connectivity index is 1.87. The van der Waals surface area contributed by atoms with E-state index in [2.05, 4.69) is 10.2 Å². The second kappa shape index (κ2) is 9.47. The molecule has 0 saturated heterocycles. The minimum absolute atomic E-state index is 0.121. The van der Waals surface area contributed by atoms with Gasteiger partial charge in [0.25, 0.3) is 5.91 Å². The molecule has 0 fully saturated rings. The summed E-state index contributed by atoms with van der Waals surface area (Å²) in [5, 5.41) is 17.6. The van der Waals surface area contributed by atoms with Crippen LogP contribution in [0.15, 0.2) is 89.1 Å². The largest absolute Gasteiger partial charge is 0.508 e. The first-order valence-corrected chi connectivity index (χ1v) is 9.22. The highest BCUT2D eigenvalue weighted by Gasteiger charge is 2.27. The molecule has 0 heterocycles. The molecule has 0 radical (unpaired) electrons. The van der Waals surface area contributed by atoms with Crippen LogP contribution in [0.1, 0.15) is 22.0 Å². The van der Waals surface area contributed by atoms with E-state index in [0.29, 0.717) is 16.9 Å². The number of hydrogen-bond acceptors (Lipinski definition) is 6. The van der Waals surface area contributed by atoms with Gasteiger partial charge in [0.1, 0.15) is 11.4 Å². The summed E-state index contributed by atoms with van der Waals surface area (Å²) in [6.45, 7) is 0. The fraction of sp³-hybridized carbons (Fsp3) is 0.130. The lowest BCUT2D eigenvalue weighted by Crippen LogP contribution is -2.31. The molecule has 1 amide bonds. The van der Waals surface area contributed by atoms with Crippen molar-refractivity contribution < 1.29 is 19.4 Å². The third kappa shape index (κ3) is 5.08. The highest BCUT2D eigenvalue weighted by atomic mass is 16.5. The average molecular weight is 403 g/mol. The molecule has 0 bridgehead atoms. The molecule has 0 unspecified atom stereocenters. The fourth-order valence-corrected chi connectivity index (χ4v) is 2.66. The quantitative estimate of drug-likeness (QED) is 0.473. The van der Waals surface area contributed by atoms with Gasteiger partial charge < -0.3 is 14.7 Å². The average Bonchev–Trinajstić information content (AvgIpc) is 2.77. The number of ether oxygens (including phenoxy) is 1. The first kappa shape index (κ1) is 20.7. The molecule has 0 aliphatic heterocycles. The molecule has 0 aliphatic rings. The molecular weight excluding hydrogens is 382 g/mol. The van der Waals surface area contributed by atoms with E-state index < -0.39 is 12.1 Å². The number of aromatic hydroxyl groups is 1. The van der Waals surface area contributed by atoms with Crippen LogP contribution in [-0.4, -0.2) is 36.0 Å². The van der Waals surface area contributed by atoms with Crippen LogP contribution < -0.4 is 0 Å². The second-order valence-corrected chi connectivity index (χ2v) is 6.66. The molecule has 3 rings (SSSR count). The van der Waals surface area contributed by atoms with Gasteiger partial charge in [-0.25, -0.2) is 4.79 Å². The lowest BCUT2D eigenvalue weighted by Gasteiger charge is -2.21. The third-order valence-electron chi connectivity index (χ3n) is 4.24. The Morgan fingerprint density at radius 3 is 2.17 bits per heavy atom. The van der Waals surface area contributed by atoms with E-state index in [-0.39, 0.29) is 17.2 Å². The Hall–Kier alpha value is -4.00. The summed E-state index contributed by atoms with van der Waals surface area (Å²) >= 11 is 0. The summed E-state index contributed by atoms with van der Waals surface area (Å²) in [6.07, 6.45) is -1.07. The molecule has 0 saturated carbocycles. The molecule has 3 aromatic carbocycles. The predicted octanol–water partition coefficient (Wildman–Crippen LogP) is 4.79. The second-order valence-electron chi connectivity index (χ2n) is 6.66. The first-order valence-electron chi connectivity index (χ1n) is 9.22. The predicted molar refractivity (Wildman–Crippen MR) is 112 cm³/mol. The van der Waals surface area contributed by atoms with Crippen LogP contribution in [0.5, 0.6) is 5.75 Å². The van der Waals surface area contributed by atoms with Crippen molar-refractivity contribution in [3.63, 3.8) is 0 Å². The zero-order valence-electron chi connectivity index (χ0n) is 16.6. The van der Waals surface area contributed by atoms with E-state index in [1.54, 1.807) is 74.8 Å². The van der Waals surface area contributed by atoms with Gasteiger partial charge in [-0.15, -0.1) is 5.11 Å². The number of azo groups is 1. The summed E-state index contributed by atoms with van der Waals surface area (Å²) in [7, 11) is 3.21. The van der Waals surface area contributed by atoms with Crippen LogP contribution in [0.25, 0.3) is 0 Å². The highest BCUT2D eigenvalue weighted by molar-refractivity contribution is 5.96. The molecule has 0 aliphatic carbocycles. The van der Waals surface area contributed by atoms with Crippen molar-refractivity contribution in [3.05, 3.63) is 90.0 Å². The van der Waals surface area contributed by atoms with Gasteiger partial charge >= 0.3 is 5.97 Å². The molecule has 3 aromatic rings. The summed E-state index contributed by atoms with van der Waals surface area (Å²) in [6, 6.07) is 21.6. The van der Waals surface area contributed by atoms with Gasteiger partial charge in [0.05, 0.1) is 11.3 Å². The Bertz CT molecular complexity index is 1050. The maximum Gasteiger partial charge on any atom is 0.341 e. The number of nitrogens with zero attached hydrogens (tertiary/aromatic N) is 3. The third-order valence-corrected chi connectivity index (χ3v) is 4.24. The lowest BCUT2D eigenvalue weighted by molar-refractivity contribution is -0.138. The Morgan fingerprint density at radius 2 is 1.50 bits per heavy atom. The molecule has 0 aromatic heterocycles. The topological polar surface area (TPSA) is 91.6 Å². The van der Waals surface area contributed by atoms with Crippen LogP contribution in [-0.2, 0) is 9.53 Å². The minimum Gasteiger partial charge on any atom is -0.508 e. The van der Waals surface area contributed by atoms with E-state index in [1.165, 1.54) is 17.0 Å². The number of likely N-dealkylation sites (N-methyl/N-ethyl adjacent to an activating group) is 1. The van der Waals surface area contributed by atoms with Crippen molar-refractivity contribution in [2.75, 3.05) is 14.1 Å². The molecule has 7 nitrogen and oxygen atoms in total. The van der Waals surface area contributed by atoms with Crippen LogP contribution >= 0.6 is 0 Å². The number of phenolic OH excluding ortho intramolecular Hbond substituents is 1. The zero-order valence-corrected chi connectivity index (χ0v) is 16.6. The van der Waals surface area contributed by atoms with Gasteiger partial charge in [0.2, 0.25) is 6.10 Å². The van der Waals surface area contributed by atoms with Crippen molar-refractivity contribution in [2.24, 2.45) is 10.2 Å². The SMILES string of the molecule is CN(C)C(=O)[C@H](OC(=O)c1ccccc1N=Nc1ccc(O)cc1)c1ccccc1. The van der Waals surface area contributed by atoms with Crippen LogP contribution in [0.4, 0.5) is 11.4 Å². The number of rotatable bonds is 6. The number of amides is 1. The Labute approximate surface area is 174 Å². The normalized spacial score (nSPS) is 11.8. The van der Waals surface area contributed by atoms with Crippen molar-refractivity contribution >= 4 is 23.3 Å². The maximum atomic E-state index is 12.9. The smallest absolute Gasteiger partial charge is 0.341 e. The Kier molecular flexibility index (Phi) is 6.54. The van der Waals surface area contributed by atoms with Crippen molar-refractivity contribution in [1.29, 1.82) is 0 Å². The first-order chi connectivity index (χ1) is 14.5. The van der Waals surface area contributed by atoms with Gasteiger partial charge in [0, 0.05) is 19.7 Å². The number of carbonyl (C=O) groups is 2. The van der Waals surface area contributed by atoms with E-state index in [0.717, 1.165) is 0 Å². The molecular formula is C23H21N3O4. The van der Waals surface area contributed by atoms with Gasteiger partial charge in [-0.05, 0) is 36.4 Å². The van der Waals surface area contributed by atoms with Gasteiger partial charge in [-0.2, -0.15) is 5.11 Å². The summed E-state index contributed by atoms with van der Waals surface area (Å²) in [5.41, 5.74) is 1.58. The Morgan fingerprint density at radius 1 is 0.867 bits per heavy atom. The van der Waals surface area contributed by atoms with E-state index in [4.69, 9.17) is 4.74 Å². The summed E-state index contributed by atoms with van der Waals surface area (Å²) < 4.78 is 5.59. The van der Waals surface area contributed by atoms with Crippen molar-refractivity contribution in [3.8, 4) is 5.75 Å². The minimum atomic E-state index is -1.07. The number of esters is 1. The molecule has 152 valence electrons. The van der Waals surface area contributed by atoms with Gasteiger partial charge in [-0.1, -0.05) is 42.5 Å². The van der Waals surface area contributed by atoms with E-state index >= 15 is 0 Å². The fourth-order valence-electron chi connectivity index (χ4n) is 2.66. The summed E-state index contributed by atoms with van der Waals surface area (Å²) in [5.74, 6) is -0.910. The van der Waals surface area contributed by atoms with E-state index in [9.17, 15) is 14.7 Å². The van der Waals surface area contributed by atoms with E-state index in [1.807, 2.05) is 6.07 Å². The zero-order chi connectivity index (χ0) is 21.5. The maximum absolute atomic E-state index is 12.9. The standard InChI is InChI=1S/C23H21N3O4/c1-26(2)22(28)21(16-8-4-3-5-9-16)30-23(29)19-10-6-7-11-20(19)25-24-17-12-14-18(27)15-13-17/h3-15,21,27H,1-2H3/t21-/m1/s1. The van der Waals surface area contributed by atoms with Crippen LogP contribution in [0, 0.1) is 0 Å². The summed E-state index contributed by atoms with van der Waals surface area (Å²) in [4.78, 5) is 26.9. The van der Waals surface area contributed by atoms with Crippen LogP contribution in [0.2, 0.25) is 0 Å². The number of hydrogen-bond donors (Lipinski definition) is 1. The molecule has 1 atom stereocenters.